The smallest absolute Gasteiger partial charge is 0.207 e. The van der Waals surface area contributed by atoms with E-state index in [1.54, 1.807) is 6.92 Å². The summed E-state index contributed by atoms with van der Waals surface area (Å²) in [6, 6.07) is 0. The minimum Gasteiger partial charge on any atom is -0.504 e. The third-order valence-electron chi connectivity index (χ3n) is 6.45. The first kappa shape index (κ1) is 29.4. The predicted molar refractivity (Wildman–Crippen MR) is 144 cm³/mol. The predicted octanol–water partition coefficient (Wildman–Crippen LogP) is 8.50. The number of aromatic hydroxyl groups is 2. The molecule has 4 nitrogen and oxygen atoms in total. The van der Waals surface area contributed by atoms with Crippen LogP contribution in [0, 0.1) is 6.92 Å². The van der Waals surface area contributed by atoms with Crippen LogP contribution < -0.4 is 9.47 Å². The van der Waals surface area contributed by atoms with Gasteiger partial charge in [-0.2, -0.15) is 0 Å². The van der Waals surface area contributed by atoms with Crippen LogP contribution in [0.1, 0.15) is 90.7 Å². The third-order valence-corrected chi connectivity index (χ3v) is 6.45. The Balaban J connectivity index is 2.59. The SMILES string of the molecule is CC/C(C)=C/CC/C(C)=C\CC/C(C)=C\CC/C(C)=C\Cc1c(C)c(O)c(OC)c(OC)c1O. The zero-order valence-corrected chi connectivity index (χ0v) is 22.7. The van der Waals surface area contributed by atoms with Gasteiger partial charge in [0.25, 0.3) is 0 Å². The zero-order chi connectivity index (χ0) is 25.7. The van der Waals surface area contributed by atoms with E-state index in [1.807, 2.05) is 0 Å². The number of hydrogen-bond donors (Lipinski definition) is 2. The number of allylic oxidation sites excluding steroid dienone is 8. The fourth-order valence-electron chi connectivity index (χ4n) is 3.84. The molecule has 0 bridgehead atoms. The first-order chi connectivity index (χ1) is 16.2. The van der Waals surface area contributed by atoms with Gasteiger partial charge in [-0.15, -0.1) is 0 Å². The lowest BCUT2D eigenvalue weighted by molar-refractivity contribution is 0.314. The Bertz CT molecular complexity index is 916. The lowest BCUT2D eigenvalue weighted by atomic mass is 9.99. The molecule has 190 valence electrons. The van der Waals surface area contributed by atoms with Crippen molar-refractivity contribution in [1.29, 1.82) is 0 Å². The first-order valence-electron chi connectivity index (χ1n) is 12.4. The summed E-state index contributed by atoms with van der Waals surface area (Å²) in [6.07, 6.45) is 17.3. The first-order valence-corrected chi connectivity index (χ1v) is 12.4. The van der Waals surface area contributed by atoms with Crippen molar-refractivity contribution in [3.05, 3.63) is 57.7 Å². The molecule has 1 rings (SSSR count). The largest absolute Gasteiger partial charge is 0.504 e. The van der Waals surface area contributed by atoms with Gasteiger partial charge in [0.05, 0.1) is 14.2 Å². The van der Waals surface area contributed by atoms with Gasteiger partial charge >= 0.3 is 0 Å². The molecule has 0 saturated heterocycles. The molecule has 1 aromatic rings. The molecule has 0 aromatic heterocycles. The summed E-state index contributed by atoms with van der Waals surface area (Å²) in [5.41, 5.74) is 6.90. The van der Waals surface area contributed by atoms with Gasteiger partial charge in [0.15, 0.2) is 11.5 Å². The van der Waals surface area contributed by atoms with Gasteiger partial charge in [0.2, 0.25) is 11.5 Å². The lowest BCUT2D eigenvalue weighted by Crippen LogP contribution is -1.98. The van der Waals surface area contributed by atoms with Crippen molar-refractivity contribution >= 4 is 0 Å². The Morgan fingerprint density at radius 2 is 1.09 bits per heavy atom. The lowest BCUT2D eigenvalue weighted by Gasteiger charge is -2.17. The topological polar surface area (TPSA) is 58.9 Å². The summed E-state index contributed by atoms with van der Waals surface area (Å²) in [7, 11) is 2.90. The highest BCUT2D eigenvalue weighted by atomic mass is 16.5. The summed E-state index contributed by atoms with van der Waals surface area (Å²) in [4.78, 5) is 0. The van der Waals surface area contributed by atoms with Crippen LogP contribution in [-0.4, -0.2) is 24.4 Å². The van der Waals surface area contributed by atoms with E-state index in [1.165, 1.54) is 36.5 Å². The van der Waals surface area contributed by atoms with E-state index in [2.05, 4.69) is 58.9 Å². The average molecular weight is 471 g/mol. The van der Waals surface area contributed by atoms with Crippen LogP contribution in [-0.2, 0) is 6.42 Å². The molecule has 0 aliphatic rings. The summed E-state index contributed by atoms with van der Waals surface area (Å²) >= 11 is 0. The van der Waals surface area contributed by atoms with E-state index in [9.17, 15) is 10.2 Å². The van der Waals surface area contributed by atoms with Gasteiger partial charge in [-0.05, 0) is 86.0 Å². The molecule has 0 fully saturated rings. The van der Waals surface area contributed by atoms with E-state index in [0.29, 0.717) is 17.5 Å². The summed E-state index contributed by atoms with van der Waals surface area (Å²) < 4.78 is 10.4. The molecule has 0 aliphatic heterocycles. The van der Waals surface area contributed by atoms with Crippen LogP contribution in [0.15, 0.2) is 46.6 Å². The number of hydrogen-bond acceptors (Lipinski definition) is 4. The van der Waals surface area contributed by atoms with Gasteiger partial charge in [-0.25, -0.2) is 0 Å². The van der Waals surface area contributed by atoms with Crippen molar-refractivity contribution < 1.29 is 19.7 Å². The van der Waals surface area contributed by atoms with Gasteiger partial charge in [0, 0.05) is 11.1 Å². The maximum atomic E-state index is 10.6. The van der Waals surface area contributed by atoms with E-state index in [-0.39, 0.29) is 23.0 Å². The molecule has 2 N–H and O–H groups in total. The van der Waals surface area contributed by atoms with E-state index in [4.69, 9.17) is 9.47 Å². The molecule has 0 amide bonds. The van der Waals surface area contributed by atoms with Crippen LogP contribution in [0.2, 0.25) is 0 Å². The van der Waals surface area contributed by atoms with Crippen LogP contribution in [0.25, 0.3) is 0 Å². The number of ether oxygens (including phenoxy) is 2. The Morgan fingerprint density at radius 1 is 0.676 bits per heavy atom. The summed E-state index contributed by atoms with van der Waals surface area (Å²) in [5.74, 6) is 0.362. The van der Waals surface area contributed by atoms with Crippen molar-refractivity contribution in [2.75, 3.05) is 14.2 Å². The maximum Gasteiger partial charge on any atom is 0.207 e. The quantitative estimate of drug-likeness (QED) is 0.211. The minimum atomic E-state index is 0.00795. The van der Waals surface area contributed by atoms with Gasteiger partial charge in [0.1, 0.15) is 0 Å². The molecule has 0 spiro atoms. The highest BCUT2D eigenvalue weighted by Crippen LogP contribution is 2.48. The van der Waals surface area contributed by atoms with Gasteiger partial charge < -0.3 is 19.7 Å². The molecular weight excluding hydrogens is 424 g/mol. The third kappa shape index (κ3) is 9.32. The number of benzene rings is 1. The van der Waals surface area contributed by atoms with Crippen LogP contribution in [0.4, 0.5) is 0 Å². The number of phenols is 2. The van der Waals surface area contributed by atoms with Gasteiger partial charge in [-0.1, -0.05) is 53.5 Å². The number of methoxy groups -OCH3 is 2. The van der Waals surface area contributed by atoms with Crippen molar-refractivity contribution in [1.82, 2.24) is 0 Å². The molecule has 0 atom stereocenters. The standard InChI is InChI=1S/C30H46O4/c1-9-21(2)13-10-14-22(3)15-11-16-23(4)17-12-18-24(5)19-20-26-25(6)27(31)29(33-7)30(34-8)28(26)32/h13,15,17,19,31-32H,9-12,14,16,18,20H2,1-8H3/b21-13+,22-15-,23-17-,24-19-. The molecular formula is C30H46O4. The minimum absolute atomic E-state index is 0.00795. The van der Waals surface area contributed by atoms with E-state index in [0.717, 1.165) is 44.9 Å². The van der Waals surface area contributed by atoms with Crippen LogP contribution >= 0.6 is 0 Å². The molecule has 0 unspecified atom stereocenters. The fourth-order valence-corrected chi connectivity index (χ4v) is 3.84. The Labute approximate surface area is 207 Å². The number of phenolic OH excluding ortho intramolecular Hbond substituents is 2. The number of rotatable bonds is 14. The zero-order valence-electron chi connectivity index (χ0n) is 22.7. The summed E-state index contributed by atoms with van der Waals surface area (Å²) in [5, 5.41) is 21.0. The second-order valence-electron chi connectivity index (χ2n) is 9.24. The van der Waals surface area contributed by atoms with Crippen LogP contribution in [0.3, 0.4) is 0 Å². The van der Waals surface area contributed by atoms with Crippen molar-refractivity contribution in [2.45, 2.75) is 92.9 Å². The Morgan fingerprint density at radius 3 is 1.53 bits per heavy atom. The highest BCUT2D eigenvalue weighted by molar-refractivity contribution is 5.66. The summed E-state index contributed by atoms with van der Waals surface area (Å²) in [6.45, 7) is 12.7. The average Bonchev–Trinajstić information content (AvgIpc) is 2.80. The van der Waals surface area contributed by atoms with Gasteiger partial charge in [-0.3, -0.25) is 0 Å². The van der Waals surface area contributed by atoms with E-state index < -0.39 is 0 Å². The highest BCUT2D eigenvalue weighted by Gasteiger charge is 2.22. The molecule has 1 aromatic carbocycles. The molecule has 0 radical (unpaired) electrons. The second-order valence-corrected chi connectivity index (χ2v) is 9.24. The monoisotopic (exact) mass is 470 g/mol. The molecule has 34 heavy (non-hydrogen) atoms. The molecule has 0 aliphatic carbocycles. The molecule has 0 saturated carbocycles. The second kappa shape index (κ2) is 15.3. The normalized spacial score (nSPS) is 13.4. The van der Waals surface area contributed by atoms with E-state index >= 15 is 0 Å². The Hall–Kier alpha value is -2.62. The fraction of sp³-hybridized carbons (Fsp3) is 0.533. The van der Waals surface area contributed by atoms with Crippen molar-refractivity contribution in [3.63, 3.8) is 0 Å². The van der Waals surface area contributed by atoms with Crippen molar-refractivity contribution in [2.24, 2.45) is 0 Å². The molecule has 0 heterocycles. The Kier molecular flexibility index (Phi) is 13.2. The van der Waals surface area contributed by atoms with Crippen LogP contribution in [0.5, 0.6) is 23.0 Å². The molecule has 4 heteroatoms. The maximum absolute atomic E-state index is 10.6. The van der Waals surface area contributed by atoms with Crippen molar-refractivity contribution in [3.8, 4) is 23.0 Å².